The molecule has 6 nitrogen and oxygen atoms in total. The summed E-state index contributed by atoms with van der Waals surface area (Å²) in [7, 11) is 0. The topological polar surface area (TPSA) is 83.6 Å². The molecular weight excluding hydrogens is 266 g/mol. The van der Waals surface area contributed by atoms with Crippen molar-refractivity contribution in [1.29, 1.82) is 0 Å². The monoisotopic (exact) mass is 273 g/mol. The van der Waals surface area contributed by atoms with E-state index in [2.05, 4.69) is 25.5 Å². The number of pyridine rings is 2. The van der Waals surface area contributed by atoms with Crippen LogP contribution in [0.1, 0.15) is 10.5 Å². The molecule has 0 saturated heterocycles. The van der Waals surface area contributed by atoms with Crippen molar-refractivity contribution >= 4 is 34.1 Å². The first kappa shape index (κ1) is 11.6. The van der Waals surface area contributed by atoms with E-state index < -0.39 is 0 Å². The van der Waals surface area contributed by atoms with Crippen LogP contribution in [0.25, 0.3) is 10.9 Å². The molecule has 0 aromatic carbocycles. The first-order valence-electron chi connectivity index (χ1n) is 5.45. The van der Waals surface area contributed by atoms with Crippen LogP contribution in [0.4, 0.5) is 5.69 Å². The predicted octanol–water partition coefficient (Wildman–Crippen LogP) is 2.26. The number of aromatic amines is 1. The Balaban J connectivity index is 1.95. The van der Waals surface area contributed by atoms with Gasteiger partial charge in [-0.1, -0.05) is 11.6 Å². The molecule has 1 amide bonds. The van der Waals surface area contributed by atoms with Crippen molar-refractivity contribution in [1.82, 2.24) is 20.2 Å². The maximum absolute atomic E-state index is 12.1. The average Bonchev–Trinajstić information content (AvgIpc) is 2.85. The van der Waals surface area contributed by atoms with E-state index in [1.54, 1.807) is 36.8 Å². The molecule has 0 aliphatic heterocycles. The lowest BCUT2D eigenvalue weighted by Gasteiger charge is -2.04. The molecule has 3 heterocycles. The molecule has 0 atom stereocenters. The van der Waals surface area contributed by atoms with Crippen LogP contribution in [0.3, 0.4) is 0 Å². The first-order chi connectivity index (χ1) is 9.25. The van der Waals surface area contributed by atoms with E-state index in [-0.39, 0.29) is 16.8 Å². The normalized spacial score (nSPS) is 10.6. The second kappa shape index (κ2) is 4.66. The zero-order valence-corrected chi connectivity index (χ0v) is 10.3. The van der Waals surface area contributed by atoms with Gasteiger partial charge in [0, 0.05) is 18.6 Å². The molecule has 2 N–H and O–H groups in total. The van der Waals surface area contributed by atoms with Crippen molar-refractivity contribution in [3.63, 3.8) is 0 Å². The fraction of sp³-hybridized carbons (Fsp3) is 0. The number of rotatable bonds is 2. The van der Waals surface area contributed by atoms with Gasteiger partial charge in [-0.2, -0.15) is 5.10 Å². The Morgan fingerprint density at radius 1 is 1.32 bits per heavy atom. The zero-order chi connectivity index (χ0) is 13.2. The second-order valence-electron chi connectivity index (χ2n) is 3.79. The van der Waals surface area contributed by atoms with Gasteiger partial charge >= 0.3 is 0 Å². The SMILES string of the molecule is O=C(Nc1cccnc1Cl)c1n[nH]c2ccncc12. The van der Waals surface area contributed by atoms with Crippen molar-refractivity contribution in [2.75, 3.05) is 5.32 Å². The molecule has 0 aliphatic rings. The number of amides is 1. The van der Waals surface area contributed by atoms with Crippen LogP contribution >= 0.6 is 11.6 Å². The number of carbonyl (C=O) groups excluding carboxylic acids is 1. The van der Waals surface area contributed by atoms with Crippen LogP contribution in [-0.4, -0.2) is 26.1 Å². The Morgan fingerprint density at radius 3 is 3.05 bits per heavy atom. The van der Waals surface area contributed by atoms with Gasteiger partial charge in [0.25, 0.3) is 5.91 Å². The highest BCUT2D eigenvalue weighted by atomic mass is 35.5. The number of hydrogen-bond acceptors (Lipinski definition) is 4. The number of anilines is 1. The van der Waals surface area contributed by atoms with E-state index in [9.17, 15) is 4.79 Å². The van der Waals surface area contributed by atoms with Crippen molar-refractivity contribution < 1.29 is 4.79 Å². The number of H-pyrrole nitrogens is 1. The Kier molecular flexibility index (Phi) is 2.85. The highest BCUT2D eigenvalue weighted by Crippen LogP contribution is 2.20. The molecule has 0 spiro atoms. The van der Waals surface area contributed by atoms with Gasteiger partial charge in [-0.15, -0.1) is 0 Å². The average molecular weight is 274 g/mol. The summed E-state index contributed by atoms with van der Waals surface area (Å²) in [6.07, 6.45) is 4.75. The molecule has 3 aromatic rings. The van der Waals surface area contributed by atoms with Crippen molar-refractivity contribution in [2.24, 2.45) is 0 Å². The summed E-state index contributed by atoms with van der Waals surface area (Å²) in [5.41, 5.74) is 1.45. The van der Waals surface area contributed by atoms with E-state index in [0.717, 1.165) is 5.52 Å². The smallest absolute Gasteiger partial charge is 0.276 e. The zero-order valence-electron chi connectivity index (χ0n) is 9.59. The van der Waals surface area contributed by atoms with Crippen LogP contribution in [0.15, 0.2) is 36.8 Å². The van der Waals surface area contributed by atoms with Gasteiger partial charge in [-0.3, -0.25) is 14.9 Å². The largest absolute Gasteiger partial charge is 0.318 e. The lowest BCUT2D eigenvalue weighted by Crippen LogP contribution is -2.13. The molecule has 3 rings (SSSR count). The molecule has 0 bridgehead atoms. The van der Waals surface area contributed by atoms with E-state index in [1.807, 2.05) is 0 Å². The fourth-order valence-electron chi connectivity index (χ4n) is 1.69. The third-order valence-electron chi connectivity index (χ3n) is 2.59. The van der Waals surface area contributed by atoms with Gasteiger partial charge in [-0.05, 0) is 18.2 Å². The third kappa shape index (κ3) is 2.13. The molecule has 3 aromatic heterocycles. The van der Waals surface area contributed by atoms with E-state index in [4.69, 9.17) is 11.6 Å². The van der Waals surface area contributed by atoms with Crippen LogP contribution in [0, 0.1) is 0 Å². The van der Waals surface area contributed by atoms with Gasteiger partial charge in [0.15, 0.2) is 10.8 Å². The molecule has 0 fully saturated rings. The number of halogens is 1. The quantitative estimate of drug-likeness (QED) is 0.702. The van der Waals surface area contributed by atoms with Crippen LogP contribution < -0.4 is 5.32 Å². The highest BCUT2D eigenvalue weighted by molar-refractivity contribution is 6.32. The fourth-order valence-corrected chi connectivity index (χ4v) is 1.86. The first-order valence-corrected chi connectivity index (χ1v) is 5.83. The number of nitrogens with zero attached hydrogens (tertiary/aromatic N) is 3. The maximum atomic E-state index is 12.1. The van der Waals surface area contributed by atoms with Gasteiger partial charge in [-0.25, -0.2) is 4.98 Å². The van der Waals surface area contributed by atoms with E-state index >= 15 is 0 Å². The van der Waals surface area contributed by atoms with Crippen LogP contribution in [0.5, 0.6) is 0 Å². The van der Waals surface area contributed by atoms with Crippen molar-refractivity contribution in [3.05, 3.63) is 47.6 Å². The summed E-state index contributed by atoms with van der Waals surface area (Å²) in [5.74, 6) is -0.367. The van der Waals surface area contributed by atoms with Crippen LogP contribution in [-0.2, 0) is 0 Å². The van der Waals surface area contributed by atoms with Crippen molar-refractivity contribution in [3.8, 4) is 0 Å². The number of aromatic nitrogens is 4. The lowest BCUT2D eigenvalue weighted by atomic mass is 10.2. The Hall–Kier alpha value is -2.47. The van der Waals surface area contributed by atoms with Crippen LogP contribution in [0.2, 0.25) is 5.15 Å². The van der Waals surface area contributed by atoms with E-state index in [0.29, 0.717) is 11.1 Å². The summed E-state index contributed by atoms with van der Waals surface area (Å²) in [6, 6.07) is 5.10. The molecule has 0 unspecified atom stereocenters. The Morgan fingerprint density at radius 2 is 2.21 bits per heavy atom. The predicted molar refractivity (Wildman–Crippen MR) is 71.1 cm³/mol. The molecule has 19 heavy (non-hydrogen) atoms. The van der Waals surface area contributed by atoms with Gasteiger partial charge in [0.05, 0.1) is 16.6 Å². The molecule has 0 radical (unpaired) electrons. The molecule has 0 saturated carbocycles. The lowest BCUT2D eigenvalue weighted by molar-refractivity contribution is 0.102. The maximum Gasteiger partial charge on any atom is 0.276 e. The molecule has 7 heteroatoms. The highest BCUT2D eigenvalue weighted by Gasteiger charge is 2.15. The minimum atomic E-state index is -0.367. The van der Waals surface area contributed by atoms with Gasteiger partial charge in [0.2, 0.25) is 0 Å². The standard InChI is InChI=1S/C12H8ClN5O/c13-11-9(2-1-4-15-11)16-12(19)10-7-6-14-5-3-8(7)17-18-10/h1-6H,(H,16,19)(H,17,18). The Labute approximate surface area is 112 Å². The van der Waals surface area contributed by atoms with Gasteiger partial charge < -0.3 is 5.32 Å². The number of carbonyl (C=O) groups is 1. The number of fused-ring (bicyclic) bond motifs is 1. The summed E-state index contributed by atoms with van der Waals surface area (Å²) < 4.78 is 0. The van der Waals surface area contributed by atoms with Gasteiger partial charge in [0.1, 0.15) is 0 Å². The summed E-state index contributed by atoms with van der Waals surface area (Å²) >= 11 is 5.88. The number of nitrogens with one attached hydrogen (secondary N) is 2. The van der Waals surface area contributed by atoms with E-state index in [1.165, 1.54) is 0 Å². The summed E-state index contributed by atoms with van der Waals surface area (Å²) in [4.78, 5) is 20.0. The minimum absolute atomic E-state index is 0.230. The third-order valence-corrected chi connectivity index (χ3v) is 2.89. The summed E-state index contributed by atoms with van der Waals surface area (Å²) in [6.45, 7) is 0. The molecule has 0 aliphatic carbocycles. The molecule has 94 valence electrons. The second-order valence-corrected chi connectivity index (χ2v) is 4.15. The number of hydrogen-bond donors (Lipinski definition) is 2. The Bertz CT molecular complexity index is 754. The minimum Gasteiger partial charge on any atom is -0.318 e. The molecular formula is C12H8ClN5O. The van der Waals surface area contributed by atoms with Crippen molar-refractivity contribution in [2.45, 2.75) is 0 Å². The summed E-state index contributed by atoms with van der Waals surface area (Å²) in [5, 5.41) is 10.3.